The highest BCUT2D eigenvalue weighted by molar-refractivity contribution is 5.88. The van der Waals surface area contributed by atoms with E-state index in [2.05, 4.69) is 15.0 Å². The molecule has 1 amide bonds. The first kappa shape index (κ1) is 17.0. The molecule has 3 rings (SSSR count). The summed E-state index contributed by atoms with van der Waals surface area (Å²) in [4.78, 5) is 37.8. The molecule has 2 aromatic heterocycles. The highest BCUT2D eigenvalue weighted by atomic mass is 16.4. The summed E-state index contributed by atoms with van der Waals surface area (Å²) in [6.45, 7) is 4.85. The van der Waals surface area contributed by atoms with Crippen LogP contribution in [0.3, 0.4) is 0 Å². The zero-order chi connectivity index (χ0) is 18.0. The Labute approximate surface area is 145 Å². The molecule has 0 aliphatic carbocycles. The van der Waals surface area contributed by atoms with Crippen LogP contribution in [0.4, 0.5) is 0 Å². The number of aryl methyl sites for hydroxylation is 1. The monoisotopic (exact) mass is 340 g/mol. The molecule has 2 aromatic rings. The van der Waals surface area contributed by atoms with Crippen molar-refractivity contribution in [2.45, 2.75) is 32.6 Å². The summed E-state index contributed by atoms with van der Waals surface area (Å²) in [5.74, 6) is -0.172. The van der Waals surface area contributed by atoms with Gasteiger partial charge in [-0.25, -0.2) is 14.8 Å². The summed E-state index contributed by atoms with van der Waals surface area (Å²) in [6, 6.07) is 3.38. The Morgan fingerprint density at radius 3 is 2.76 bits per heavy atom. The number of rotatable bonds is 3. The largest absolute Gasteiger partial charge is 0.478 e. The van der Waals surface area contributed by atoms with Crippen LogP contribution in [0.1, 0.15) is 47.6 Å². The zero-order valence-corrected chi connectivity index (χ0v) is 14.3. The third-order valence-corrected chi connectivity index (χ3v) is 4.38. The second-order valence-electron chi connectivity index (χ2n) is 6.32. The third-order valence-electron chi connectivity index (χ3n) is 4.38. The molecule has 7 nitrogen and oxygen atoms in total. The highest BCUT2D eigenvalue weighted by Crippen LogP contribution is 2.27. The van der Waals surface area contributed by atoms with E-state index in [4.69, 9.17) is 5.11 Å². The van der Waals surface area contributed by atoms with Crippen molar-refractivity contribution in [3.05, 3.63) is 41.6 Å². The van der Waals surface area contributed by atoms with Gasteiger partial charge in [0.25, 0.3) is 0 Å². The van der Waals surface area contributed by atoms with Crippen LogP contribution in [-0.2, 0) is 4.79 Å². The van der Waals surface area contributed by atoms with Gasteiger partial charge in [0.2, 0.25) is 5.91 Å². The fourth-order valence-corrected chi connectivity index (χ4v) is 3.09. The molecule has 0 spiro atoms. The molecule has 0 radical (unpaired) electrons. The van der Waals surface area contributed by atoms with Crippen LogP contribution in [0, 0.1) is 6.92 Å². The quantitative estimate of drug-likeness (QED) is 0.921. The van der Waals surface area contributed by atoms with Gasteiger partial charge in [-0.1, -0.05) is 0 Å². The maximum atomic E-state index is 11.7. The van der Waals surface area contributed by atoms with Crippen molar-refractivity contribution < 1.29 is 14.7 Å². The van der Waals surface area contributed by atoms with Gasteiger partial charge < -0.3 is 10.0 Å². The Balaban J connectivity index is 1.94. The smallest absolute Gasteiger partial charge is 0.337 e. The number of carboxylic acid groups (broad SMARTS) is 1. The van der Waals surface area contributed by atoms with Gasteiger partial charge in [0.15, 0.2) is 0 Å². The minimum absolute atomic E-state index is 0.0657. The van der Waals surface area contributed by atoms with Crippen LogP contribution < -0.4 is 0 Å². The average molecular weight is 340 g/mol. The standard InChI is InChI=1S/C18H20N4O3/c1-11-6-16(14-7-15(18(24)25)9-19-8-14)21-17(20-11)13-4-3-5-22(10-13)12(2)23/h6-9,13H,3-5,10H2,1-2H3,(H,24,25)/t13-/m1/s1. The Morgan fingerprint density at radius 2 is 2.04 bits per heavy atom. The number of hydrogen-bond acceptors (Lipinski definition) is 5. The Morgan fingerprint density at radius 1 is 1.24 bits per heavy atom. The average Bonchev–Trinajstić information content (AvgIpc) is 2.61. The molecule has 130 valence electrons. The molecule has 1 saturated heterocycles. The zero-order valence-electron chi connectivity index (χ0n) is 14.3. The number of aromatic nitrogens is 3. The molecule has 0 saturated carbocycles. The van der Waals surface area contributed by atoms with Crippen molar-refractivity contribution in [3.63, 3.8) is 0 Å². The van der Waals surface area contributed by atoms with E-state index in [1.54, 1.807) is 19.2 Å². The van der Waals surface area contributed by atoms with Crippen molar-refractivity contribution in [2.75, 3.05) is 13.1 Å². The summed E-state index contributed by atoms with van der Waals surface area (Å²) in [7, 11) is 0. The molecular formula is C18H20N4O3. The molecule has 1 atom stereocenters. The van der Waals surface area contributed by atoms with E-state index in [1.165, 1.54) is 6.20 Å². The lowest BCUT2D eigenvalue weighted by molar-refractivity contribution is -0.130. The van der Waals surface area contributed by atoms with Crippen molar-refractivity contribution in [1.29, 1.82) is 0 Å². The van der Waals surface area contributed by atoms with Crippen molar-refractivity contribution in [2.24, 2.45) is 0 Å². The predicted molar refractivity (Wildman–Crippen MR) is 91.2 cm³/mol. The summed E-state index contributed by atoms with van der Waals surface area (Å²) < 4.78 is 0. The molecular weight excluding hydrogens is 320 g/mol. The van der Waals surface area contributed by atoms with E-state index in [9.17, 15) is 9.59 Å². The molecule has 0 bridgehead atoms. The number of piperidine rings is 1. The Kier molecular flexibility index (Phi) is 4.74. The number of nitrogens with zero attached hydrogens (tertiary/aromatic N) is 4. The maximum absolute atomic E-state index is 11.7. The Hall–Kier alpha value is -2.83. The fraction of sp³-hybridized carbons (Fsp3) is 0.389. The lowest BCUT2D eigenvalue weighted by atomic mass is 9.96. The van der Waals surface area contributed by atoms with Gasteiger partial charge in [0, 0.05) is 49.6 Å². The van der Waals surface area contributed by atoms with E-state index in [0.29, 0.717) is 23.6 Å². The second kappa shape index (κ2) is 6.96. The molecule has 3 heterocycles. The number of hydrogen-bond donors (Lipinski definition) is 1. The van der Waals surface area contributed by atoms with Gasteiger partial charge in [-0.15, -0.1) is 0 Å². The summed E-state index contributed by atoms with van der Waals surface area (Å²) in [5, 5.41) is 9.14. The van der Waals surface area contributed by atoms with Gasteiger partial charge in [0.1, 0.15) is 5.82 Å². The van der Waals surface area contributed by atoms with Gasteiger partial charge in [-0.05, 0) is 31.9 Å². The molecule has 7 heteroatoms. The molecule has 0 unspecified atom stereocenters. The van der Waals surface area contributed by atoms with Gasteiger partial charge in [0.05, 0.1) is 11.3 Å². The van der Waals surface area contributed by atoms with Gasteiger partial charge in [-0.2, -0.15) is 0 Å². The number of carboxylic acids is 1. The molecule has 1 N–H and O–H groups in total. The topological polar surface area (TPSA) is 96.3 Å². The summed E-state index contributed by atoms with van der Waals surface area (Å²) >= 11 is 0. The van der Waals surface area contributed by atoms with E-state index >= 15 is 0 Å². The first-order chi connectivity index (χ1) is 11.9. The first-order valence-corrected chi connectivity index (χ1v) is 8.24. The SMILES string of the molecule is CC(=O)N1CCC[C@@H](c2nc(C)cc(-c3cncc(C(=O)O)c3)n2)C1. The molecule has 1 aliphatic heterocycles. The van der Waals surface area contributed by atoms with Crippen LogP contribution in [0.25, 0.3) is 11.3 Å². The minimum Gasteiger partial charge on any atom is -0.478 e. The molecule has 1 aliphatic rings. The molecule has 0 aromatic carbocycles. The fourth-order valence-electron chi connectivity index (χ4n) is 3.09. The minimum atomic E-state index is -1.02. The number of likely N-dealkylation sites (tertiary alicyclic amines) is 1. The van der Waals surface area contributed by atoms with Crippen molar-refractivity contribution >= 4 is 11.9 Å². The van der Waals surface area contributed by atoms with Crippen molar-refractivity contribution in [3.8, 4) is 11.3 Å². The number of aromatic carboxylic acids is 1. The summed E-state index contributed by atoms with van der Waals surface area (Å²) in [5.41, 5.74) is 2.22. The van der Waals surface area contributed by atoms with E-state index in [0.717, 1.165) is 25.1 Å². The predicted octanol–water partition coefficient (Wildman–Crippen LogP) is 2.27. The number of carbonyl (C=O) groups is 2. The lowest BCUT2D eigenvalue weighted by Crippen LogP contribution is -2.38. The number of amides is 1. The van der Waals surface area contributed by atoms with E-state index in [-0.39, 0.29) is 17.4 Å². The summed E-state index contributed by atoms with van der Waals surface area (Å²) in [6.07, 6.45) is 4.76. The van der Waals surface area contributed by atoms with Gasteiger partial charge in [-0.3, -0.25) is 9.78 Å². The van der Waals surface area contributed by atoms with Crippen molar-refractivity contribution in [1.82, 2.24) is 19.9 Å². The van der Waals surface area contributed by atoms with Crippen LogP contribution in [0.5, 0.6) is 0 Å². The first-order valence-electron chi connectivity index (χ1n) is 8.24. The number of pyridine rings is 1. The molecule has 1 fully saturated rings. The van der Waals surface area contributed by atoms with Gasteiger partial charge >= 0.3 is 5.97 Å². The van der Waals surface area contributed by atoms with Crippen LogP contribution in [0.2, 0.25) is 0 Å². The normalized spacial score (nSPS) is 17.4. The number of carbonyl (C=O) groups excluding carboxylic acids is 1. The third kappa shape index (κ3) is 3.81. The molecule has 25 heavy (non-hydrogen) atoms. The lowest BCUT2D eigenvalue weighted by Gasteiger charge is -2.31. The maximum Gasteiger partial charge on any atom is 0.337 e. The Bertz CT molecular complexity index is 822. The van der Waals surface area contributed by atoms with E-state index in [1.807, 2.05) is 17.9 Å². The van der Waals surface area contributed by atoms with Crippen LogP contribution in [0.15, 0.2) is 24.5 Å². The van der Waals surface area contributed by atoms with E-state index < -0.39 is 5.97 Å². The van der Waals surface area contributed by atoms with Crippen LogP contribution >= 0.6 is 0 Å². The highest BCUT2D eigenvalue weighted by Gasteiger charge is 2.25. The second-order valence-corrected chi connectivity index (χ2v) is 6.32. The van der Waals surface area contributed by atoms with Crippen LogP contribution in [-0.4, -0.2) is 49.9 Å².